The Kier molecular flexibility index (Phi) is 2.32. The molecule has 0 atom stereocenters. The second-order valence-corrected chi connectivity index (χ2v) is 3.19. The fourth-order valence-electron chi connectivity index (χ4n) is 1.34. The molecule has 2 heterocycles. The summed E-state index contributed by atoms with van der Waals surface area (Å²) in [5.74, 6) is 0. The molecule has 74 valence electrons. The highest BCUT2D eigenvalue weighted by atomic mass is 15.3. The van der Waals surface area contributed by atoms with Gasteiger partial charge in [0.2, 0.25) is 0 Å². The Bertz CT molecular complexity index is 414. The Morgan fingerprint density at radius 1 is 1.50 bits per heavy atom. The molecule has 2 aromatic rings. The van der Waals surface area contributed by atoms with Crippen molar-refractivity contribution in [2.75, 3.05) is 0 Å². The number of nitrogens with zero attached hydrogens (tertiary/aromatic N) is 4. The molecule has 2 rings (SSSR count). The van der Waals surface area contributed by atoms with Crippen LogP contribution >= 0.6 is 0 Å². The van der Waals surface area contributed by atoms with Crippen LogP contribution in [-0.2, 0) is 20.1 Å². The summed E-state index contributed by atoms with van der Waals surface area (Å²) in [6.45, 7) is 1.27. The van der Waals surface area contributed by atoms with Crippen molar-refractivity contribution in [1.29, 1.82) is 0 Å². The van der Waals surface area contributed by atoms with Gasteiger partial charge in [-0.25, -0.2) is 4.98 Å². The normalized spacial score (nSPS) is 10.7. The molecule has 0 aliphatic heterocycles. The largest absolute Gasteiger partial charge is 0.331 e. The Hall–Kier alpha value is -1.62. The van der Waals surface area contributed by atoms with Gasteiger partial charge in [-0.3, -0.25) is 4.68 Å². The predicted molar refractivity (Wildman–Crippen MR) is 52.4 cm³/mol. The second-order valence-electron chi connectivity index (χ2n) is 3.19. The number of hydrogen-bond acceptors (Lipinski definition) is 3. The highest BCUT2D eigenvalue weighted by molar-refractivity contribution is 5.03. The molecule has 0 aromatic carbocycles. The van der Waals surface area contributed by atoms with Crippen molar-refractivity contribution in [3.8, 4) is 0 Å². The van der Waals surface area contributed by atoms with E-state index in [9.17, 15) is 0 Å². The zero-order chi connectivity index (χ0) is 9.97. The van der Waals surface area contributed by atoms with Crippen LogP contribution in [0.3, 0.4) is 0 Å². The summed E-state index contributed by atoms with van der Waals surface area (Å²) in [6.07, 6.45) is 5.53. The van der Waals surface area contributed by atoms with Gasteiger partial charge in [0.15, 0.2) is 0 Å². The predicted octanol–water partition coefficient (Wildman–Crippen LogP) is 0.124. The lowest BCUT2D eigenvalue weighted by Crippen LogP contribution is -2.03. The Morgan fingerprint density at radius 3 is 2.93 bits per heavy atom. The van der Waals surface area contributed by atoms with E-state index in [1.54, 1.807) is 12.5 Å². The van der Waals surface area contributed by atoms with Gasteiger partial charge in [0.05, 0.1) is 24.3 Å². The van der Waals surface area contributed by atoms with Crippen molar-refractivity contribution in [1.82, 2.24) is 19.3 Å². The van der Waals surface area contributed by atoms with E-state index >= 15 is 0 Å². The first-order valence-electron chi connectivity index (χ1n) is 4.47. The minimum atomic E-state index is 0.485. The molecule has 0 saturated carbocycles. The Balaban J connectivity index is 2.15. The molecule has 0 unspecified atom stereocenters. The van der Waals surface area contributed by atoms with Gasteiger partial charge in [-0.05, 0) is 6.07 Å². The quantitative estimate of drug-likeness (QED) is 0.749. The molecule has 5 nitrogen and oxygen atoms in total. The Labute approximate surface area is 82.2 Å². The molecular weight excluding hydrogens is 178 g/mol. The average molecular weight is 191 g/mol. The minimum absolute atomic E-state index is 0.485. The van der Waals surface area contributed by atoms with Crippen LogP contribution in [0, 0.1) is 0 Å². The average Bonchev–Trinajstić information content (AvgIpc) is 2.77. The third-order valence-corrected chi connectivity index (χ3v) is 2.16. The van der Waals surface area contributed by atoms with E-state index in [0.29, 0.717) is 6.54 Å². The highest BCUT2D eigenvalue weighted by Crippen LogP contribution is 2.02. The number of rotatable bonds is 3. The van der Waals surface area contributed by atoms with Crippen molar-refractivity contribution in [2.45, 2.75) is 13.1 Å². The van der Waals surface area contributed by atoms with Crippen molar-refractivity contribution in [3.05, 3.63) is 36.2 Å². The standard InChI is InChI=1S/C9H13N5/c1-13-9(2-3-12-13)6-14-5-8(4-10)11-7-14/h2-3,5,7H,4,6,10H2,1H3. The zero-order valence-electron chi connectivity index (χ0n) is 8.09. The van der Waals surface area contributed by atoms with Crippen LogP contribution < -0.4 is 5.73 Å². The topological polar surface area (TPSA) is 61.7 Å². The lowest BCUT2D eigenvalue weighted by atomic mass is 10.4. The van der Waals surface area contributed by atoms with Crippen LogP contribution in [0.25, 0.3) is 0 Å². The van der Waals surface area contributed by atoms with Crippen molar-refractivity contribution in [3.63, 3.8) is 0 Å². The first-order chi connectivity index (χ1) is 6.79. The lowest BCUT2D eigenvalue weighted by molar-refractivity contribution is 0.666. The maximum atomic E-state index is 5.47. The number of aryl methyl sites for hydroxylation is 1. The number of aromatic nitrogens is 4. The SMILES string of the molecule is Cn1nccc1Cn1cnc(CN)c1. The zero-order valence-corrected chi connectivity index (χ0v) is 8.09. The van der Waals surface area contributed by atoms with E-state index < -0.39 is 0 Å². The molecule has 14 heavy (non-hydrogen) atoms. The van der Waals surface area contributed by atoms with Gasteiger partial charge in [0, 0.05) is 26.0 Å². The van der Waals surface area contributed by atoms with Crippen LogP contribution in [-0.4, -0.2) is 19.3 Å². The summed E-state index contributed by atoms with van der Waals surface area (Å²) >= 11 is 0. The molecule has 0 aliphatic carbocycles. The second kappa shape index (κ2) is 3.63. The van der Waals surface area contributed by atoms with Gasteiger partial charge in [0.1, 0.15) is 0 Å². The molecular formula is C9H13N5. The summed E-state index contributed by atoms with van der Waals surface area (Å²) in [6, 6.07) is 1.99. The van der Waals surface area contributed by atoms with E-state index in [0.717, 1.165) is 17.9 Å². The van der Waals surface area contributed by atoms with E-state index in [1.165, 1.54) is 0 Å². The van der Waals surface area contributed by atoms with Crippen LogP contribution in [0.1, 0.15) is 11.4 Å². The van der Waals surface area contributed by atoms with Gasteiger partial charge >= 0.3 is 0 Å². The smallest absolute Gasteiger partial charge is 0.0953 e. The third-order valence-electron chi connectivity index (χ3n) is 2.16. The van der Waals surface area contributed by atoms with Gasteiger partial charge in [0.25, 0.3) is 0 Å². The number of imidazole rings is 1. The molecule has 0 fully saturated rings. The molecule has 0 radical (unpaired) electrons. The Morgan fingerprint density at radius 2 is 2.36 bits per heavy atom. The molecule has 0 spiro atoms. The lowest BCUT2D eigenvalue weighted by Gasteiger charge is -2.01. The fourth-order valence-corrected chi connectivity index (χ4v) is 1.34. The van der Waals surface area contributed by atoms with Crippen molar-refractivity contribution < 1.29 is 0 Å². The number of hydrogen-bond donors (Lipinski definition) is 1. The summed E-state index contributed by atoms with van der Waals surface area (Å²) in [4.78, 5) is 4.15. The van der Waals surface area contributed by atoms with E-state index in [-0.39, 0.29) is 0 Å². The van der Waals surface area contributed by atoms with Crippen LogP contribution in [0.4, 0.5) is 0 Å². The first kappa shape index (κ1) is 8.96. The van der Waals surface area contributed by atoms with Crippen LogP contribution in [0.2, 0.25) is 0 Å². The maximum absolute atomic E-state index is 5.47. The van der Waals surface area contributed by atoms with Crippen molar-refractivity contribution >= 4 is 0 Å². The molecule has 0 amide bonds. The van der Waals surface area contributed by atoms with Gasteiger partial charge in [-0.2, -0.15) is 5.10 Å². The van der Waals surface area contributed by atoms with E-state index in [2.05, 4.69) is 10.1 Å². The summed E-state index contributed by atoms with van der Waals surface area (Å²) in [7, 11) is 1.93. The molecule has 2 N–H and O–H groups in total. The van der Waals surface area contributed by atoms with Crippen LogP contribution in [0.5, 0.6) is 0 Å². The molecule has 0 saturated heterocycles. The summed E-state index contributed by atoms with van der Waals surface area (Å²) in [5, 5.41) is 4.10. The third kappa shape index (κ3) is 1.67. The maximum Gasteiger partial charge on any atom is 0.0953 e. The minimum Gasteiger partial charge on any atom is -0.331 e. The highest BCUT2D eigenvalue weighted by Gasteiger charge is 2.00. The fraction of sp³-hybridized carbons (Fsp3) is 0.333. The van der Waals surface area contributed by atoms with E-state index in [4.69, 9.17) is 5.73 Å². The molecule has 5 heteroatoms. The van der Waals surface area contributed by atoms with E-state index in [1.807, 2.05) is 28.6 Å². The van der Waals surface area contributed by atoms with Gasteiger partial charge < -0.3 is 10.3 Å². The van der Waals surface area contributed by atoms with Gasteiger partial charge in [-0.15, -0.1) is 0 Å². The molecule has 0 aliphatic rings. The number of nitrogens with two attached hydrogens (primary N) is 1. The first-order valence-corrected chi connectivity index (χ1v) is 4.47. The van der Waals surface area contributed by atoms with Crippen molar-refractivity contribution in [2.24, 2.45) is 12.8 Å². The van der Waals surface area contributed by atoms with Gasteiger partial charge in [-0.1, -0.05) is 0 Å². The monoisotopic (exact) mass is 191 g/mol. The molecule has 0 bridgehead atoms. The summed E-state index contributed by atoms with van der Waals surface area (Å²) < 4.78 is 3.85. The van der Waals surface area contributed by atoms with Crippen LogP contribution in [0.15, 0.2) is 24.8 Å². The molecule has 2 aromatic heterocycles. The summed E-state index contributed by atoms with van der Waals surface area (Å²) in [5.41, 5.74) is 7.53.